The smallest absolute Gasteiger partial charge is 0.141 e. The van der Waals surface area contributed by atoms with Gasteiger partial charge < -0.3 is 15.7 Å². The number of rotatable bonds is 7. The summed E-state index contributed by atoms with van der Waals surface area (Å²) in [6, 6.07) is 5.79. The second-order valence-electron chi connectivity index (χ2n) is 4.18. The van der Waals surface area contributed by atoms with Crippen molar-refractivity contribution >= 4 is 11.7 Å². The van der Waals surface area contributed by atoms with E-state index < -0.39 is 0 Å². The van der Waals surface area contributed by atoms with Gasteiger partial charge in [0.1, 0.15) is 17.3 Å². The summed E-state index contributed by atoms with van der Waals surface area (Å²) in [6.45, 7) is 4.86. The lowest BCUT2D eigenvalue weighted by atomic mass is 10.1. The largest absolute Gasteiger partial charge is 0.395 e. The fourth-order valence-electron chi connectivity index (χ4n) is 2.05. The van der Waals surface area contributed by atoms with E-state index in [4.69, 9.17) is 11.1 Å². The molecule has 0 aliphatic carbocycles. The number of nitrogens with two attached hydrogens (primary N) is 1. The minimum absolute atomic E-state index is 0.0367. The molecule has 0 aromatic carbocycles. The van der Waals surface area contributed by atoms with Gasteiger partial charge in [0.05, 0.1) is 6.61 Å². The molecule has 0 amide bonds. The summed E-state index contributed by atoms with van der Waals surface area (Å²) in [6.07, 6.45) is 1.98. The van der Waals surface area contributed by atoms with Crippen LogP contribution in [0.15, 0.2) is 18.2 Å². The lowest BCUT2D eigenvalue weighted by Gasteiger charge is -2.31. The van der Waals surface area contributed by atoms with Crippen LogP contribution in [-0.2, 0) is 0 Å². The molecule has 0 atom stereocenters. The molecule has 18 heavy (non-hydrogen) atoms. The van der Waals surface area contributed by atoms with E-state index in [2.05, 4.69) is 23.7 Å². The first-order valence-corrected chi connectivity index (χ1v) is 6.32. The highest BCUT2D eigenvalue weighted by atomic mass is 16.3. The maximum absolute atomic E-state index is 9.18. The first kappa shape index (κ1) is 14.4. The molecule has 0 bridgehead atoms. The Morgan fingerprint density at radius 1 is 1.44 bits per heavy atom. The normalized spacial score (nSPS) is 10.7. The zero-order chi connectivity index (χ0) is 13.5. The lowest BCUT2D eigenvalue weighted by molar-refractivity contribution is 0.295. The number of aliphatic hydroxyl groups is 1. The molecule has 4 N–H and O–H groups in total. The Labute approximate surface area is 108 Å². The molecule has 1 aromatic rings. The molecule has 0 aliphatic rings. The topological polar surface area (TPSA) is 86.2 Å². The van der Waals surface area contributed by atoms with Gasteiger partial charge in [0.15, 0.2) is 0 Å². The number of aromatic nitrogens is 1. The van der Waals surface area contributed by atoms with Gasteiger partial charge in [0, 0.05) is 12.6 Å². The highest BCUT2D eigenvalue weighted by Gasteiger charge is 2.16. The Bertz CT molecular complexity index is 390. The summed E-state index contributed by atoms with van der Waals surface area (Å²) in [5, 5.41) is 16.6. The number of hydrogen-bond donors (Lipinski definition) is 3. The van der Waals surface area contributed by atoms with Crippen LogP contribution in [0.5, 0.6) is 0 Å². The number of nitrogen functional groups attached to an aromatic ring is 1. The quantitative estimate of drug-likeness (QED) is 0.503. The van der Waals surface area contributed by atoms with Crippen molar-refractivity contribution in [1.29, 1.82) is 5.41 Å². The molecule has 0 fully saturated rings. The average Bonchev–Trinajstić information content (AvgIpc) is 2.39. The number of nitrogens with zero attached hydrogens (tertiary/aromatic N) is 2. The minimum atomic E-state index is -0.0367. The first-order valence-electron chi connectivity index (χ1n) is 6.32. The number of amidine groups is 1. The lowest BCUT2D eigenvalue weighted by Crippen LogP contribution is -2.37. The molecule has 0 saturated heterocycles. The van der Waals surface area contributed by atoms with Crippen molar-refractivity contribution in [3.63, 3.8) is 0 Å². The van der Waals surface area contributed by atoms with Gasteiger partial charge in [-0.25, -0.2) is 4.98 Å². The minimum Gasteiger partial charge on any atom is -0.395 e. The third kappa shape index (κ3) is 3.43. The standard InChI is InChI=1S/C13H22N4O/c1-3-10(4-2)17(8-9-18)12-7-5-6-11(16-12)13(14)15/h5-7,10,18H,3-4,8-9H2,1-2H3,(H3,14,15). The first-order chi connectivity index (χ1) is 8.63. The van der Waals surface area contributed by atoms with Crippen LogP contribution in [0.1, 0.15) is 32.4 Å². The summed E-state index contributed by atoms with van der Waals surface area (Å²) < 4.78 is 0. The van der Waals surface area contributed by atoms with E-state index in [1.165, 1.54) is 0 Å². The van der Waals surface area contributed by atoms with Gasteiger partial charge in [-0.2, -0.15) is 0 Å². The fraction of sp³-hybridized carbons (Fsp3) is 0.538. The summed E-state index contributed by atoms with van der Waals surface area (Å²) >= 11 is 0. The third-order valence-electron chi connectivity index (χ3n) is 3.03. The summed E-state index contributed by atoms with van der Waals surface area (Å²) in [4.78, 5) is 6.45. The van der Waals surface area contributed by atoms with E-state index in [1.807, 2.05) is 12.1 Å². The molecule has 1 heterocycles. The van der Waals surface area contributed by atoms with E-state index in [0.29, 0.717) is 18.3 Å². The number of nitrogens with one attached hydrogen (secondary N) is 1. The molecule has 0 spiro atoms. The van der Waals surface area contributed by atoms with Gasteiger partial charge in [0.2, 0.25) is 0 Å². The van der Waals surface area contributed by atoms with Gasteiger partial charge in [-0.15, -0.1) is 0 Å². The van der Waals surface area contributed by atoms with E-state index in [1.54, 1.807) is 6.07 Å². The van der Waals surface area contributed by atoms with E-state index in [0.717, 1.165) is 18.7 Å². The predicted octanol–water partition coefficient (Wildman–Crippen LogP) is 1.35. The second-order valence-corrected chi connectivity index (χ2v) is 4.18. The van der Waals surface area contributed by atoms with E-state index >= 15 is 0 Å². The molecule has 1 aromatic heterocycles. The highest BCUT2D eigenvalue weighted by molar-refractivity contribution is 5.93. The number of anilines is 1. The van der Waals surface area contributed by atoms with Crippen molar-refractivity contribution in [1.82, 2.24) is 4.98 Å². The Balaban J connectivity index is 3.04. The van der Waals surface area contributed by atoms with Gasteiger partial charge in [-0.3, -0.25) is 5.41 Å². The van der Waals surface area contributed by atoms with Gasteiger partial charge in [-0.1, -0.05) is 19.9 Å². The van der Waals surface area contributed by atoms with Crippen LogP contribution in [0.3, 0.4) is 0 Å². The molecule has 0 saturated carbocycles. The molecule has 0 unspecified atom stereocenters. The van der Waals surface area contributed by atoms with Crippen molar-refractivity contribution in [3.05, 3.63) is 23.9 Å². The van der Waals surface area contributed by atoms with Crippen molar-refractivity contribution in [2.45, 2.75) is 32.7 Å². The van der Waals surface area contributed by atoms with E-state index in [9.17, 15) is 5.11 Å². The predicted molar refractivity (Wildman–Crippen MR) is 74.1 cm³/mol. The van der Waals surface area contributed by atoms with Gasteiger partial charge in [0.25, 0.3) is 0 Å². The maximum Gasteiger partial charge on any atom is 0.141 e. The molecule has 5 nitrogen and oxygen atoms in total. The highest BCUT2D eigenvalue weighted by Crippen LogP contribution is 2.18. The van der Waals surface area contributed by atoms with Crippen LogP contribution in [-0.4, -0.2) is 35.1 Å². The molecular formula is C13H22N4O. The van der Waals surface area contributed by atoms with Crippen LogP contribution < -0.4 is 10.6 Å². The SMILES string of the molecule is CCC(CC)N(CCO)c1cccc(C(=N)N)n1. The molecule has 1 rings (SSSR count). The van der Waals surface area contributed by atoms with Crippen molar-refractivity contribution < 1.29 is 5.11 Å². The number of pyridine rings is 1. The van der Waals surface area contributed by atoms with Gasteiger partial charge >= 0.3 is 0 Å². The van der Waals surface area contributed by atoms with Crippen molar-refractivity contribution in [3.8, 4) is 0 Å². The monoisotopic (exact) mass is 250 g/mol. The second kappa shape index (κ2) is 6.96. The zero-order valence-corrected chi connectivity index (χ0v) is 11.1. The Hall–Kier alpha value is -1.62. The van der Waals surface area contributed by atoms with Crippen LogP contribution in [0, 0.1) is 5.41 Å². The van der Waals surface area contributed by atoms with Crippen LogP contribution >= 0.6 is 0 Å². The molecule has 100 valence electrons. The van der Waals surface area contributed by atoms with E-state index in [-0.39, 0.29) is 12.4 Å². The number of aliphatic hydroxyl groups excluding tert-OH is 1. The molecule has 0 aliphatic heterocycles. The van der Waals surface area contributed by atoms with Crippen LogP contribution in [0.25, 0.3) is 0 Å². The maximum atomic E-state index is 9.18. The van der Waals surface area contributed by atoms with Crippen LogP contribution in [0.2, 0.25) is 0 Å². The average molecular weight is 250 g/mol. The molecule has 5 heteroatoms. The van der Waals surface area contributed by atoms with Gasteiger partial charge in [-0.05, 0) is 25.0 Å². The Morgan fingerprint density at radius 2 is 2.11 bits per heavy atom. The summed E-state index contributed by atoms with van der Waals surface area (Å²) in [5.74, 6) is 0.732. The number of hydrogen-bond acceptors (Lipinski definition) is 4. The summed E-state index contributed by atoms with van der Waals surface area (Å²) in [7, 11) is 0. The third-order valence-corrected chi connectivity index (χ3v) is 3.03. The Kier molecular flexibility index (Phi) is 5.58. The summed E-state index contributed by atoms with van der Waals surface area (Å²) in [5.41, 5.74) is 5.92. The van der Waals surface area contributed by atoms with Crippen LogP contribution in [0.4, 0.5) is 5.82 Å². The zero-order valence-electron chi connectivity index (χ0n) is 11.1. The molecular weight excluding hydrogens is 228 g/mol. The Morgan fingerprint density at radius 3 is 2.61 bits per heavy atom. The molecule has 0 radical (unpaired) electrons. The van der Waals surface area contributed by atoms with Crippen molar-refractivity contribution in [2.75, 3.05) is 18.1 Å². The van der Waals surface area contributed by atoms with Crippen molar-refractivity contribution in [2.24, 2.45) is 5.73 Å². The fourth-order valence-corrected chi connectivity index (χ4v) is 2.05.